The molecule has 1 aliphatic heterocycles. The van der Waals surface area contributed by atoms with Crippen LogP contribution in [0.1, 0.15) is 16.9 Å². The number of aromatic nitrogens is 2. The summed E-state index contributed by atoms with van der Waals surface area (Å²) in [5, 5.41) is 14.6. The van der Waals surface area contributed by atoms with Crippen LogP contribution in [0.4, 0.5) is 0 Å². The number of nitrogens with zero attached hydrogens (tertiary/aromatic N) is 3. The summed E-state index contributed by atoms with van der Waals surface area (Å²) in [6.45, 7) is 2.03. The average Bonchev–Trinajstić information content (AvgIpc) is 2.95. The van der Waals surface area contributed by atoms with E-state index in [1.807, 2.05) is 24.3 Å². The molecule has 1 fully saturated rings. The fourth-order valence-corrected chi connectivity index (χ4v) is 2.55. The van der Waals surface area contributed by atoms with Crippen molar-refractivity contribution in [2.24, 2.45) is 5.73 Å². The topological polar surface area (TPSA) is 84.4 Å². The number of carbonyl (C=O) groups excluding carboxylic acids is 1. The summed E-state index contributed by atoms with van der Waals surface area (Å²) >= 11 is 0. The van der Waals surface area contributed by atoms with Crippen molar-refractivity contribution in [3.05, 3.63) is 30.0 Å². The van der Waals surface area contributed by atoms with Crippen LogP contribution < -0.4 is 5.73 Å². The second kappa shape index (κ2) is 4.64. The maximum Gasteiger partial charge on any atom is 0.269 e. The second-order valence-electron chi connectivity index (χ2n) is 4.89. The van der Waals surface area contributed by atoms with E-state index < -0.39 is 5.91 Å². The van der Waals surface area contributed by atoms with Crippen molar-refractivity contribution in [1.82, 2.24) is 14.7 Å². The molecular formula is C13H16N4O2. The molecule has 0 spiro atoms. The molecular weight excluding hydrogens is 244 g/mol. The van der Waals surface area contributed by atoms with Gasteiger partial charge in [-0.05, 0) is 12.5 Å². The quantitative estimate of drug-likeness (QED) is 0.823. The second-order valence-corrected chi connectivity index (χ2v) is 4.89. The van der Waals surface area contributed by atoms with Gasteiger partial charge in [0.05, 0.1) is 18.3 Å². The predicted molar refractivity (Wildman–Crippen MR) is 70.4 cm³/mol. The average molecular weight is 260 g/mol. The number of hydrogen-bond acceptors (Lipinski definition) is 4. The number of para-hydroxylation sites is 1. The zero-order valence-electron chi connectivity index (χ0n) is 10.5. The molecule has 1 aliphatic rings. The minimum absolute atomic E-state index is 0.266. The minimum atomic E-state index is -0.517. The van der Waals surface area contributed by atoms with E-state index in [0.717, 1.165) is 23.9 Å². The molecule has 6 nitrogen and oxygen atoms in total. The lowest BCUT2D eigenvalue weighted by Gasteiger charge is -2.15. The van der Waals surface area contributed by atoms with Crippen molar-refractivity contribution >= 4 is 16.8 Å². The monoisotopic (exact) mass is 260 g/mol. The molecule has 1 aromatic carbocycles. The zero-order chi connectivity index (χ0) is 13.4. The Hall–Kier alpha value is -1.92. The predicted octanol–water partition coefficient (Wildman–Crippen LogP) is 0.159. The van der Waals surface area contributed by atoms with Crippen LogP contribution in [0, 0.1) is 0 Å². The van der Waals surface area contributed by atoms with Gasteiger partial charge in [-0.15, -0.1) is 0 Å². The molecule has 0 saturated carbocycles. The van der Waals surface area contributed by atoms with Crippen LogP contribution in [0.5, 0.6) is 0 Å². The Morgan fingerprint density at radius 1 is 1.47 bits per heavy atom. The molecule has 0 unspecified atom stereocenters. The summed E-state index contributed by atoms with van der Waals surface area (Å²) < 4.78 is 1.77. The van der Waals surface area contributed by atoms with E-state index in [4.69, 9.17) is 5.73 Å². The Balaban J connectivity index is 1.97. The molecule has 2 aromatic rings. The molecule has 0 bridgehead atoms. The van der Waals surface area contributed by atoms with Gasteiger partial charge in [0.1, 0.15) is 0 Å². The Morgan fingerprint density at radius 3 is 2.95 bits per heavy atom. The molecule has 1 amide bonds. The van der Waals surface area contributed by atoms with Crippen LogP contribution in [0.25, 0.3) is 10.9 Å². The standard InChI is InChI=1S/C13H16N4O2/c14-13(19)12-10-3-1-2-4-11(10)17(15-12)8-16-6-5-9(18)7-16/h1-4,9,18H,5-8H2,(H2,14,19)/t9-/m1/s1. The summed E-state index contributed by atoms with van der Waals surface area (Å²) in [5.41, 5.74) is 6.54. The summed E-state index contributed by atoms with van der Waals surface area (Å²) in [4.78, 5) is 13.5. The molecule has 0 radical (unpaired) electrons. The van der Waals surface area contributed by atoms with E-state index in [0.29, 0.717) is 18.9 Å². The van der Waals surface area contributed by atoms with Crippen molar-refractivity contribution in [3.8, 4) is 0 Å². The van der Waals surface area contributed by atoms with Gasteiger partial charge in [-0.25, -0.2) is 4.68 Å². The van der Waals surface area contributed by atoms with Gasteiger partial charge >= 0.3 is 0 Å². The van der Waals surface area contributed by atoms with Gasteiger partial charge in [-0.1, -0.05) is 18.2 Å². The van der Waals surface area contributed by atoms with Crippen molar-refractivity contribution < 1.29 is 9.90 Å². The first-order chi connectivity index (χ1) is 9.15. The van der Waals surface area contributed by atoms with Gasteiger partial charge in [-0.2, -0.15) is 5.10 Å². The first kappa shape index (κ1) is 12.1. The molecule has 1 aromatic heterocycles. The molecule has 1 saturated heterocycles. The van der Waals surface area contributed by atoms with Crippen LogP contribution in [0.3, 0.4) is 0 Å². The Kier molecular flexibility index (Phi) is 2.96. The third-order valence-corrected chi connectivity index (χ3v) is 3.47. The summed E-state index contributed by atoms with van der Waals surface area (Å²) in [6, 6.07) is 7.53. The van der Waals surface area contributed by atoms with E-state index in [-0.39, 0.29) is 6.10 Å². The largest absolute Gasteiger partial charge is 0.392 e. The highest BCUT2D eigenvalue weighted by molar-refractivity contribution is 6.04. The first-order valence-electron chi connectivity index (χ1n) is 6.31. The lowest BCUT2D eigenvalue weighted by atomic mass is 10.2. The lowest BCUT2D eigenvalue weighted by Crippen LogP contribution is -2.26. The Labute approximate surface area is 110 Å². The van der Waals surface area contributed by atoms with Gasteiger partial charge in [-0.3, -0.25) is 9.69 Å². The van der Waals surface area contributed by atoms with Crippen LogP contribution in [0.2, 0.25) is 0 Å². The number of carbonyl (C=O) groups is 1. The maximum atomic E-state index is 11.4. The van der Waals surface area contributed by atoms with Gasteiger partial charge < -0.3 is 10.8 Å². The number of primary amides is 1. The molecule has 0 aliphatic carbocycles. The number of rotatable bonds is 3. The SMILES string of the molecule is NC(=O)c1nn(CN2CC[C@@H](O)C2)c2ccccc12. The highest BCUT2D eigenvalue weighted by Crippen LogP contribution is 2.19. The molecule has 19 heavy (non-hydrogen) atoms. The van der Waals surface area contributed by atoms with E-state index in [1.165, 1.54) is 0 Å². The number of amides is 1. The molecule has 2 heterocycles. The first-order valence-corrected chi connectivity index (χ1v) is 6.31. The fraction of sp³-hybridized carbons (Fsp3) is 0.385. The highest BCUT2D eigenvalue weighted by Gasteiger charge is 2.22. The number of benzene rings is 1. The Bertz CT molecular complexity index is 622. The lowest BCUT2D eigenvalue weighted by molar-refractivity contribution is 0.0995. The van der Waals surface area contributed by atoms with Crippen molar-refractivity contribution in [2.45, 2.75) is 19.2 Å². The highest BCUT2D eigenvalue weighted by atomic mass is 16.3. The maximum absolute atomic E-state index is 11.4. The number of aliphatic hydroxyl groups is 1. The molecule has 100 valence electrons. The number of aliphatic hydroxyl groups excluding tert-OH is 1. The van der Waals surface area contributed by atoms with Gasteiger partial charge in [0.15, 0.2) is 5.69 Å². The number of fused-ring (bicyclic) bond motifs is 1. The van der Waals surface area contributed by atoms with E-state index >= 15 is 0 Å². The van der Waals surface area contributed by atoms with E-state index in [2.05, 4.69) is 10.00 Å². The smallest absolute Gasteiger partial charge is 0.269 e. The van der Waals surface area contributed by atoms with Crippen LogP contribution in [-0.4, -0.2) is 44.9 Å². The van der Waals surface area contributed by atoms with Crippen molar-refractivity contribution in [3.63, 3.8) is 0 Å². The van der Waals surface area contributed by atoms with Crippen LogP contribution in [-0.2, 0) is 6.67 Å². The zero-order valence-corrected chi connectivity index (χ0v) is 10.5. The normalized spacial score (nSPS) is 20.2. The third kappa shape index (κ3) is 2.20. The van der Waals surface area contributed by atoms with Crippen LogP contribution >= 0.6 is 0 Å². The fourth-order valence-electron chi connectivity index (χ4n) is 2.55. The molecule has 1 atom stereocenters. The van der Waals surface area contributed by atoms with Crippen molar-refractivity contribution in [1.29, 1.82) is 0 Å². The van der Waals surface area contributed by atoms with E-state index in [1.54, 1.807) is 4.68 Å². The summed E-state index contributed by atoms with van der Waals surface area (Å²) in [5.74, 6) is -0.517. The van der Waals surface area contributed by atoms with Gasteiger partial charge in [0.25, 0.3) is 5.91 Å². The third-order valence-electron chi connectivity index (χ3n) is 3.47. The number of β-amino-alcohol motifs (C(OH)–C–C–N with tert-alkyl or cyclic N) is 1. The minimum Gasteiger partial charge on any atom is -0.392 e. The molecule has 3 N–H and O–H groups in total. The molecule has 6 heteroatoms. The number of nitrogens with two attached hydrogens (primary N) is 1. The number of hydrogen-bond donors (Lipinski definition) is 2. The van der Waals surface area contributed by atoms with Gasteiger partial charge in [0, 0.05) is 18.5 Å². The number of likely N-dealkylation sites (tertiary alicyclic amines) is 1. The van der Waals surface area contributed by atoms with Crippen molar-refractivity contribution in [2.75, 3.05) is 13.1 Å². The van der Waals surface area contributed by atoms with Gasteiger partial charge in [0.2, 0.25) is 0 Å². The molecule has 3 rings (SSSR count). The van der Waals surface area contributed by atoms with E-state index in [9.17, 15) is 9.90 Å². The summed E-state index contributed by atoms with van der Waals surface area (Å²) in [6.07, 6.45) is 0.513. The Morgan fingerprint density at radius 2 is 2.26 bits per heavy atom. The van der Waals surface area contributed by atoms with Crippen LogP contribution in [0.15, 0.2) is 24.3 Å². The summed E-state index contributed by atoms with van der Waals surface area (Å²) in [7, 11) is 0.